The Balaban J connectivity index is 1.69. The maximum atomic E-state index is 12.2. The van der Waals surface area contributed by atoms with Crippen molar-refractivity contribution in [1.82, 2.24) is 9.97 Å². The molecule has 1 aromatic carbocycles. The van der Waals surface area contributed by atoms with Gasteiger partial charge in [-0.15, -0.1) is 11.3 Å². The van der Waals surface area contributed by atoms with Crippen LogP contribution in [0, 0.1) is 6.92 Å². The van der Waals surface area contributed by atoms with Crippen molar-refractivity contribution in [2.24, 2.45) is 0 Å². The molecule has 6 nitrogen and oxygen atoms in total. The first-order valence-corrected chi connectivity index (χ1v) is 10.2. The van der Waals surface area contributed by atoms with E-state index in [4.69, 9.17) is 11.6 Å². The van der Waals surface area contributed by atoms with E-state index in [-0.39, 0.29) is 5.91 Å². The van der Waals surface area contributed by atoms with Gasteiger partial charge in [-0.1, -0.05) is 11.6 Å². The van der Waals surface area contributed by atoms with E-state index in [1.807, 2.05) is 37.3 Å². The van der Waals surface area contributed by atoms with Crippen LogP contribution in [-0.4, -0.2) is 29.0 Å². The van der Waals surface area contributed by atoms with Crippen LogP contribution in [0.15, 0.2) is 42.5 Å². The lowest BCUT2D eigenvalue weighted by molar-refractivity contribution is 0.103. The minimum Gasteiger partial charge on any atom is -0.357 e. The third kappa shape index (κ3) is 4.99. The molecule has 0 aliphatic carbocycles. The summed E-state index contributed by atoms with van der Waals surface area (Å²) in [6.45, 7) is 7.86. The molecule has 146 valence electrons. The fraction of sp³-hybridized carbons (Fsp3) is 0.250. The van der Waals surface area contributed by atoms with E-state index < -0.39 is 0 Å². The van der Waals surface area contributed by atoms with Crippen molar-refractivity contribution in [2.45, 2.75) is 20.8 Å². The predicted molar refractivity (Wildman–Crippen MR) is 117 cm³/mol. The zero-order chi connectivity index (χ0) is 20.1. The number of rotatable bonds is 7. The Hall–Kier alpha value is -2.64. The molecule has 0 saturated carbocycles. The molecule has 0 aliphatic heterocycles. The lowest BCUT2D eigenvalue weighted by Gasteiger charge is -2.20. The van der Waals surface area contributed by atoms with Gasteiger partial charge in [0.15, 0.2) is 0 Å². The predicted octanol–water partition coefficient (Wildman–Crippen LogP) is 5.34. The van der Waals surface area contributed by atoms with Gasteiger partial charge in [0.25, 0.3) is 5.91 Å². The van der Waals surface area contributed by atoms with E-state index in [0.717, 1.165) is 30.4 Å². The highest BCUT2D eigenvalue weighted by atomic mass is 35.5. The van der Waals surface area contributed by atoms with Crippen LogP contribution in [0.25, 0.3) is 0 Å². The van der Waals surface area contributed by atoms with Crippen LogP contribution in [0.1, 0.15) is 29.3 Å². The molecule has 0 radical (unpaired) electrons. The number of thiophene rings is 1. The van der Waals surface area contributed by atoms with Gasteiger partial charge in [0.2, 0.25) is 0 Å². The zero-order valence-electron chi connectivity index (χ0n) is 16.0. The van der Waals surface area contributed by atoms with Crippen LogP contribution in [-0.2, 0) is 0 Å². The molecule has 28 heavy (non-hydrogen) atoms. The van der Waals surface area contributed by atoms with E-state index in [2.05, 4.69) is 39.3 Å². The highest BCUT2D eigenvalue weighted by Gasteiger charge is 2.10. The fourth-order valence-electron chi connectivity index (χ4n) is 2.74. The van der Waals surface area contributed by atoms with Gasteiger partial charge in [-0.2, -0.15) is 0 Å². The number of hydrogen-bond donors (Lipinski definition) is 2. The average molecular weight is 416 g/mol. The van der Waals surface area contributed by atoms with E-state index >= 15 is 0 Å². The molecule has 0 spiro atoms. The Labute approximate surface area is 173 Å². The van der Waals surface area contributed by atoms with E-state index in [1.54, 1.807) is 12.1 Å². The number of carbonyl (C=O) groups excluding carboxylic acids is 1. The van der Waals surface area contributed by atoms with Crippen molar-refractivity contribution in [1.29, 1.82) is 0 Å². The summed E-state index contributed by atoms with van der Waals surface area (Å²) in [6.07, 6.45) is 0. The van der Waals surface area contributed by atoms with E-state index in [1.165, 1.54) is 11.3 Å². The van der Waals surface area contributed by atoms with Crippen LogP contribution in [0.3, 0.4) is 0 Å². The summed E-state index contributed by atoms with van der Waals surface area (Å²) in [5.74, 6) is 2.18. The Morgan fingerprint density at radius 3 is 2.36 bits per heavy atom. The van der Waals surface area contributed by atoms with Gasteiger partial charge >= 0.3 is 0 Å². The number of benzene rings is 1. The van der Waals surface area contributed by atoms with Crippen molar-refractivity contribution in [3.05, 3.63) is 57.5 Å². The van der Waals surface area contributed by atoms with E-state index in [9.17, 15) is 4.79 Å². The summed E-state index contributed by atoms with van der Waals surface area (Å²) in [7, 11) is 0. The summed E-state index contributed by atoms with van der Waals surface area (Å²) >= 11 is 7.13. The number of nitrogens with one attached hydrogen (secondary N) is 2. The van der Waals surface area contributed by atoms with Crippen molar-refractivity contribution in [3.63, 3.8) is 0 Å². The Bertz CT molecular complexity index is 953. The highest BCUT2D eigenvalue weighted by molar-refractivity contribution is 7.18. The van der Waals surface area contributed by atoms with Gasteiger partial charge in [0, 0.05) is 30.5 Å². The van der Waals surface area contributed by atoms with Gasteiger partial charge < -0.3 is 15.5 Å². The second-order valence-corrected chi connectivity index (χ2v) is 7.81. The molecular weight excluding hydrogens is 394 g/mol. The maximum Gasteiger partial charge on any atom is 0.265 e. The Morgan fingerprint density at radius 2 is 1.75 bits per heavy atom. The van der Waals surface area contributed by atoms with Gasteiger partial charge in [0.1, 0.15) is 17.5 Å². The van der Waals surface area contributed by atoms with Crippen molar-refractivity contribution < 1.29 is 4.79 Å². The largest absolute Gasteiger partial charge is 0.357 e. The first-order chi connectivity index (χ1) is 13.5. The highest BCUT2D eigenvalue weighted by Crippen LogP contribution is 2.24. The molecule has 8 heteroatoms. The summed E-state index contributed by atoms with van der Waals surface area (Å²) in [4.78, 5) is 23.9. The van der Waals surface area contributed by atoms with Gasteiger partial charge in [0.05, 0.1) is 9.21 Å². The standard InChI is InChI=1S/C20H22ClN5OS/c1-4-26(5-2)19-12-18(22-13(3)23-19)24-14-6-8-15(9-7-14)25-20(27)16-10-11-17(21)28-16/h6-12H,4-5H2,1-3H3,(H,25,27)(H,22,23,24). The average Bonchev–Trinajstić information content (AvgIpc) is 3.10. The number of carbonyl (C=O) groups is 1. The minimum absolute atomic E-state index is 0.173. The molecule has 0 atom stereocenters. The molecule has 3 rings (SSSR count). The number of anilines is 4. The van der Waals surface area contributed by atoms with Gasteiger partial charge in [-0.25, -0.2) is 9.97 Å². The number of aromatic nitrogens is 2. The second-order valence-electron chi connectivity index (χ2n) is 6.09. The molecule has 2 N–H and O–H groups in total. The minimum atomic E-state index is -0.173. The second kappa shape index (κ2) is 9.03. The molecule has 3 aromatic rings. The SMILES string of the molecule is CCN(CC)c1cc(Nc2ccc(NC(=O)c3ccc(Cl)s3)cc2)nc(C)n1. The number of nitrogens with zero attached hydrogens (tertiary/aromatic N) is 3. The van der Waals surface area contributed by atoms with Crippen LogP contribution in [0.5, 0.6) is 0 Å². The molecule has 0 fully saturated rings. The molecule has 0 unspecified atom stereocenters. The van der Waals surface area contributed by atoms with Crippen molar-refractivity contribution in [2.75, 3.05) is 28.6 Å². The molecule has 2 aromatic heterocycles. The molecule has 1 amide bonds. The normalized spacial score (nSPS) is 10.6. The number of amides is 1. The Kier molecular flexibility index (Phi) is 6.49. The van der Waals surface area contributed by atoms with Crippen LogP contribution in [0.4, 0.5) is 23.0 Å². The molecule has 0 saturated heterocycles. The number of halogens is 1. The van der Waals surface area contributed by atoms with Crippen molar-refractivity contribution >= 4 is 51.9 Å². The topological polar surface area (TPSA) is 70.2 Å². The molecular formula is C20H22ClN5OS. The summed E-state index contributed by atoms with van der Waals surface area (Å²) < 4.78 is 0.592. The summed E-state index contributed by atoms with van der Waals surface area (Å²) in [5, 5.41) is 6.16. The lowest BCUT2D eigenvalue weighted by atomic mass is 10.2. The fourth-order valence-corrected chi connectivity index (χ4v) is 3.68. The maximum absolute atomic E-state index is 12.2. The molecule has 2 heterocycles. The molecule has 0 bridgehead atoms. The van der Waals surface area contributed by atoms with Crippen LogP contribution >= 0.6 is 22.9 Å². The summed E-state index contributed by atoms with van der Waals surface area (Å²) in [6, 6.07) is 12.8. The van der Waals surface area contributed by atoms with Crippen LogP contribution < -0.4 is 15.5 Å². The van der Waals surface area contributed by atoms with E-state index in [0.29, 0.717) is 20.7 Å². The van der Waals surface area contributed by atoms with Gasteiger partial charge in [-0.05, 0) is 57.2 Å². The first kappa shape index (κ1) is 20.1. The number of aryl methyl sites for hydroxylation is 1. The number of hydrogen-bond acceptors (Lipinski definition) is 6. The smallest absolute Gasteiger partial charge is 0.265 e. The van der Waals surface area contributed by atoms with Crippen molar-refractivity contribution in [3.8, 4) is 0 Å². The summed E-state index contributed by atoms with van der Waals surface area (Å²) in [5.41, 5.74) is 1.59. The Morgan fingerprint density at radius 1 is 1.07 bits per heavy atom. The zero-order valence-corrected chi connectivity index (χ0v) is 17.6. The lowest BCUT2D eigenvalue weighted by Crippen LogP contribution is -2.23. The third-order valence-corrected chi connectivity index (χ3v) is 5.35. The van der Waals surface area contributed by atoms with Gasteiger partial charge in [-0.3, -0.25) is 4.79 Å². The quantitative estimate of drug-likeness (QED) is 0.544. The molecule has 0 aliphatic rings. The first-order valence-electron chi connectivity index (χ1n) is 9.03. The monoisotopic (exact) mass is 415 g/mol. The third-order valence-electron chi connectivity index (χ3n) is 4.12. The van der Waals surface area contributed by atoms with Crippen LogP contribution in [0.2, 0.25) is 4.34 Å².